The van der Waals surface area contributed by atoms with E-state index in [0.29, 0.717) is 12.4 Å². The third-order valence-electron chi connectivity index (χ3n) is 2.02. The van der Waals surface area contributed by atoms with E-state index in [1.54, 1.807) is 0 Å². The number of halogens is 3. The molecule has 104 valence electrons. The van der Waals surface area contributed by atoms with Gasteiger partial charge in [-0.1, -0.05) is 6.92 Å². The first-order chi connectivity index (χ1) is 8.51. The smallest absolute Gasteiger partial charge is 0.370 e. The minimum Gasteiger partial charge on any atom is -0.370 e. The Morgan fingerprint density at radius 3 is 2.89 bits per heavy atom. The van der Waals surface area contributed by atoms with Crippen LogP contribution in [0.15, 0.2) is 6.33 Å². The van der Waals surface area contributed by atoms with E-state index in [1.807, 2.05) is 0 Å². The summed E-state index contributed by atoms with van der Waals surface area (Å²) in [7, 11) is 0. The standard InChI is InChI=1S/C10H17F3N4O/c1-2-3-14-6-9-15-8-17(16-9)4-5-18-7-10(11,12)13/h8,14H,2-7H2,1H3. The first-order valence-electron chi connectivity index (χ1n) is 5.75. The molecule has 0 bridgehead atoms. The number of alkyl halides is 3. The van der Waals surface area contributed by atoms with Crippen molar-refractivity contribution in [1.82, 2.24) is 20.1 Å². The lowest BCUT2D eigenvalue weighted by atomic mass is 10.5. The zero-order valence-corrected chi connectivity index (χ0v) is 10.2. The van der Waals surface area contributed by atoms with Crippen molar-refractivity contribution in [3.63, 3.8) is 0 Å². The molecule has 1 aromatic heterocycles. The van der Waals surface area contributed by atoms with Crippen molar-refractivity contribution in [1.29, 1.82) is 0 Å². The predicted molar refractivity (Wildman–Crippen MR) is 58.9 cm³/mol. The van der Waals surface area contributed by atoms with E-state index < -0.39 is 12.8 Å². The molecule has 1 aromatic rings. The van der Waals surface area contributed by atoms with Gasteiger partial charge in [0.1, 0.15) is 12.9 Å². The van der Waals surface area contributed by atoms with E-state index in [-0.39, 0.29) is 13.2 Å². The van der Waals surface area contributed by atoms with Gasteiger partial charge in [0.2, 0.25) is 0 Å². The third kappa shape index (κ3) is 6.55. The van der Waals surface area contributed by atoms with Gasteiger partial charge in [-0.25, -0.2) is 4.98 Å². The molecule has 0 aromatic carbocycles. The second-order valence-corrected chi connectivity index (χ2v) is 3.77. The molecular weight excluding hydrogens is 249 g/mol. The van der Waals surface area contributed by atoms with Gasteiger partial charge in [-0.2, -0.15) is 18.3 Å². The SMILES string of the molecule is CCCNCc1ncn(CCOCC(F)(F)F)n1. The molecule has 0 aliphatic rings. The van der Waals surface area contributed by atoms with Gasteiger partial charge in [0, 0.05) is 0 Å². The molecule has 1 heterocycles. The first-order valence-corrected chi connectivity index (χ1v) is 5.75. The Kier molecular flexibility index (Phi) is 6.06. The molecule has 0 fully saturated rings. The molecule has 0 saturated heterocycles. The number of nitrogens with zero attached hydrogens (tertiary/aromatic N) is 3. The Labute approximate surface area is 103 Å². The Balaban J connectivity index is 2.19. The minimum absolute atomic E-state index is 0.0370. The van der Waals surface area contributed by atoms with Crippen molar-refractivity contribution >= 4 is 0 Å². The lowest BCUT2D eigenvalue weighted by Gasteiger charge is -2.06. The first kappa shape index (κ1) is 14.9. The Bertz CT molecular complexity index is 340. The molecule has 0 unspecified atom stereocenters. The van der Waals surface area contributed by atoms with Crippen LogP contribution < -0.4 is 5.32 Å². The summed E-state index contributed by atoms with van der Waals surface area (Å²) in [5.41, 5.74) is 0. The summed E-state index contributed by atoms with van der Waals surface area (Å²) in [6, 6.07) is 0. The normalized spacial score (nSPS) is 12.0. The van der Waals surface area contributed by atoms with E-state index in [1.165, 1.54) is 11.0 Å². The molecule has 0 aliphatic carbocycles. The van der Waals surface area contributed by atoms with Crippen molar-refractivity contribution in [2.75, 3.05) is 19.8 Å². The predicted octanol–water partition coefficient (Wildman–Crippen LogP) is 1.36. The number of rotatable bonds is 8. The largest absolute Gasteiger partial charge is 0.411 e. The summed E-state index contributed by atoms with van der Waals surface area (Å²) in [5, 5.41) is 7.23. The highest BCUT2D eigenvalue weighted by Crippen LogP contribution is 2.14. The van der Waals surface area contributed by atoms with Gasteiger partial charge in [-0.15, -0.1) is 0 Å². The van der Waals surface area contributed by atoms with Crippen LogP contribution >= 0.6 is 0 Å². The fraction of sp³-hybridized carbons (Fsp3) is 0.800. The maximum Gasteiger partial charge on any atom is 0.411 e. The number of aromatic nitrogens is 3. The highest BCUT2D eigenvalue weighted by molar-refractivity contribution is 4.80. The number of nitrogens with one attached hydrogen (secondary N) is 1. The molecule has 8 heteroatoms. The van der Waals surface area contributed by atoms with Crippen molar-refractivity contribution in [2.24, 2.45) is 0 Å². The van der Waals surface area contributed by atoms with Crippen LogP contribution in [-0.4, -0.2) is 40.7 Å². The molecule has 18 heavy (non-hydrogen) atoms. The summed E-state index contributed by atoms with van der Waals surface area (Å²) in [5.74, 6) is 0.624. The van der Waals surface area contributed by atoms with Crippen molar-refractivity contribution < 1.29 is 17.9 Å². The molecule has 0 amide bonds. The maximum absolute atomic E-state index is 11.8. The van der Waals surface area contributed by atoms with E-state index in [9.17, 15) is 13.2 Å². The minimum atomic E-state index is -4.28. The Morgan fingerprint density at radius 1 is 1.44 bits per heavy atom. The molecule has 1 N–H and O–H groups in total. The summed E-state index contributed by atoms with van der Waals surface area (Å²) >= 11 is 0. The highest BCUT2D eigenvalue weighted by Gasteiger charge is 2.27. The lowest BCUT2D eigenvalue weighted by Crippen LogP contribution is -2.19. The Morgan fingerprint density at radius 2 is 2.22 bits per heavy atom. The third-order valence-corrected chi connectivity index (χ3v) is 2.02. The zero-order valence-electron chi connectivity index (χ0n) is 10.2. The van der Waals surface area contributed by atoms with Crippen LogP contribution in [0.1, 0.15) is 19.2 Å². The van der Waals surface area contributed by atoms with Gasteiger partial charge in [-0.3, -0.25) is 4.68 Å². The molecule has 0 radical (unpaired) electrons. The fourth-order valence-electron chi connectivity index (χ4n) is 1.24. The second-order valence-electron chi connectivity index (χ2n) is 3.77. The summed E-state index contributed by atoms with van der Waals surface area (Å²) in [4.78, 5) is 4.03. The number of ether oxygens (including phenoxy) is 1. The number of hydrogen-bond donors (Lipinski definition) is 1. The van der Waals surface area contributed by atoms with E-state index in [2.05, 4.69) is 27.1 Å². The highest BCUT2D eigenvalue weighted by atomic mass is 19.4. The molecular formula is C10H17F3N4O. The van der Waals surface area contributed by atoms with Crippen molar-refractivity contribution in [3.05, 3.63) is 12.2 Å². The lowest BCUT2D eigenvalue weighted by molar-refractivity contribution is -0.174. The van der Waals surface area contributed by atoms with Gasteiger partial charge < -0.3 is 10.1 Å². The average molecular weight is 266 g/mol. The quantitative estimate of drug-likeness (QED) is 0.722. The van der Waals surface area contributed by atoms with Crippen LogP contribution in [-0.2, 0) is 17.8 Å². The summed E-state index contributed by atoms with van der Waals surface area (Å²) in [6.45, 7) is 2.48. The average Bonchev–Trinajstić information content (AvgIpc) is 2.72. The van der Waals surface area contributed by atoms with E-state index >= 15 is 0 Å². The van der Waals surface area contributed by atoms with Gasteiger partial charge in [0.15, 0.2) is 5.82 Å². The molecule has 0 atom stereocenters. The van der Waals surface area contributed by atoms with E-state index in [0.717, 1.165) is 13.0 Å². The molecule has 0 spiro atoms. The Hall–Kier alpha value is -1.15. The van der Waals surface area contributed by atoms with Gasteiger partial charge in [0.05, 0.1) is 19.7 Å². The van der Waals surface area contributed by atoms with Crippen LogP contribution in [0.4, 0.5) is 13.2 Å². The summed E-state index contributed by atoms with van der Waals surface area (Å²) < 4.78 is 41.3. The van der Waals surface area contributed by atoms with Gasteiger partial charge in [-0.05, 0) is 13.0 Å². The maximum atomic E-state index is 11.8. The van der Waals surface area contributed by atoms with Crippen LogP contribution in [0, 0.1) is 0 Å². The monoisotopic (exact) mass is 266 g/mol. The van der Waals surface area contributed by atoms with Crippen molar-refractivity contribution in [2.45, 2.75) is 32.6 Å². The summed E-state index contributed by atoms with van der Waals surface area (Å²) in [6.07, 6.45) is -1.77. The number of hydrogen-bond acceptors (Lipinski definition) is 4. The molecule has 0 aliphatic heterocycles. The topological polar surface area (TPSA) is 52.0 Å². The fourth-order valence-corrected chi connectivity index (χ4v) is 1.24. The van der Waals surface area contributed by atoms with Crippen LogP contribution in [0.3, 0.4) is 0 Å². The molecule has 0 saturated carbocycles. The van der Waals surface area contributed by atoms with Gasteiger partial charge in [0.25, 0.3) is 0 Å². The molecule has 1 rings (SSSR count). The van der Waals surface area contributed by atoms with Crippen LogP contribution in [0.25, 0.3) is 0 Å². The molecule has 5 nitrogen and oxygen atoms in total. The van der Waals surface area contributed by atoms with Crippen LogP contribution in [0.2, 0.25) is 0 Å². The van der Waals surface area contributed by atoms with Gasteiger partial charge >= 0.3 is 6.18 Å². The second kappa shape index (κ2) is 7.32. The zero-order chi connectivity index (χ0) is 13.4. The van der Waals surface area contributed by atoms with Crippen molar-refractivity contribution in [3.8, 4) is 0 Å². The van der Waals surface area contributed by atoms with E-state index in [4.69, 9.17) is 0 Å². The van der Waals surface area contributed by atoms with Crippen LogP contribution in [0.5, 0.6) is 0 Å².